The van der Waals surface area contributed by atoms with E-state index < -0.39 is 0 Å². The van der Waals surface area contributed by atoms with Gasteiger partial charge < -0.3 is 11.1 Å². The largest absolute Gasteiger partial charge is 0.413 e. The van der Waals surface area contributed by atoms with E-state index in [2.05, 4.69) is 5.32 Å². The number of urea groups is 1. The maximum Gasteiger partial charge on any atom is 0.413 e. The molecular weight excluding hydrogens is 445 g/mol. The number of hydrogen-bond acceptors (Lipinski definition) is 2. The fraction of sp³-hybridized carbons (Fsp3) is 0.280. The second kappa shape index (κ2) is 10.3. The summed E-state index contributed by atoms with van der Waals surface area (Å²) in [6, 6.07) is 18.7. The molecule has 0 saturated carbocycles. The van der Waals surface area contributed by atoms with Gasteiger partial charge in [-0.2, -0.15) is 0 Å². The van der Waals surface area contributed by atoms with Gasteiger partial charge in [0.05, 0.1) is 30.7 Å². The van der Waals surface area contributed by atoms with Crippen LogP contribution < -0.4 is 11.1 Å². The highest BCUT2D eigenvalue weighted by Gasteiger charge is 2.25. The van der Waals surface area contributed by atoms with Crippen LogP contribution in [0.2, 0.25) is 10.0 Å². The lowest BCUT2D eigenvalue weighted by molar-refractivity contribution is -0.808. The zero-order valence-corrected chi connectivity index (χ0v) is 19.8. The maximum atomic E-state index is 12.9. The van der Waals surface area contributed by atoms with Gasteiger partial charge in [-0.3, -0.25) is 4.79 Å². The number of carbonyl (C=O) groups excluding carboxylic acids is 2. The molecular formula is C25H28Cl2N3O2+. The number of primary amides is 1. The topological polar surface area (TPSA) is 72.2 Å². The summed E-state index contributed by atoms with van der Waals surface area (Å²) in [7, 11) is 3.58. The van der Waals surface area contributed by atoms with Gasteiger partial charge in [-0.05, 0) is 46.9 Å². The third-order valence-electron chi connectivity index (χ3n) is 5.86. The summed E-state index contributed by atoms with van der Waals surface area (Å²) in [4.78, 5) is 24.6. The zero-order chi connectivity index (χ0) is 23.3. The first-order valence-electron chi connectivity index (χ1n) is 10.5. The lowest BCUT2D eigenvalue weighted by Gasteiger charge is -2.27. The monoisotopic (exact) mass is 472 g/mol. The van der Waals surface area contributed by atoms with Crippen LogP contribution in [0.4, 0.5) is 4.79 Å². The van der Waals surface area contributed by atoms with E-state index in [1.54, 1.807) is 20.2 Å². The Morgan fingerprint density at radius 1 is 0.969 bits per heavy atom. The quantitative estimate of drug-likeness (QED) is 0.419. The number of nitrogens with one attached hydrogen (secondary N) is 1. The van der Waals surface area contributed by atoms with Gasteiger partial charge in [-0.25, -0.2) is 9.28 Å². The van der Waals surface area contributed by atoms with Crippen LogP contribution in [0.5, 0.6) is 0 Å². The number of quaternary nitrogens is 1. The van der Waals surface area contributed by atoms with E-state index >= 15 is 0 Å². The van der Waals surface area contributed by atoms with E-state index in [9.17, 15) is 9.59 Å². The van der Waals surface area contributed by atoms with Crippen LogP contribution in [0.15, 0.2) is 60.7 Å². The van der Waals surface area contributed by atoms with Gasteiger partial charge in [-0.15, -0.1) is 0 Å². The smallest absolute Gasteiger partial charge is 0.352 e. The Balaban J connectivity index is 1.72. The lowest BCUT2D eigenvalue weighted by atomic mass is 9.92. The highest BCUT2D eigenvalue weighted by molar-refractivity contribution is 6.42. The highest BCUT2D eigenvalue weighted by Crippen LogP contribution is 2.30. The Labute approximate surface area is 198 Å². The van der Waals surface area contributed by atoms with Crippen molar-refractivity contribution in [3.63, 3.8) is 0 Å². The fourth-order valence-corrected chi connectivity index (χ4v) is 4.02. The van der Waals surface area contributed by atoms with Crippen LogP contribution in [0, 0.1) is 0 Å². The lowest BCUT2D eigenvalue weighted by Crippen LogP contribution is -2.50. The second-order valence-corrected chi connectivity index (χ2v) is 9.29. The number of carbonyl (C=O) groups is 2. The Bertz CT molecular complexity index is 1130. The van der Waals surface area contributed by atoms with Crippen LogP contribution >= 0.6 is 23.2 Å². The van der Waals surface area contributed by atoms with Crippen molar-refractivity contribution in [3.05, 3.63) is 81.8 Å². The first-order valence-corrected chi connectivity index (χ1v) is 11.3. The van der Waals surface area contributed by atoms with Crippen molar-refractivity contribution in [2.75, 3.05) is 27.2 Å². The number of halogens is 2. The molecule has 0 radical (unpaired) electrons. The van der Waals surface area contributed by atoms with Gasteiger partial charge in [-0.1, -0.05) is 65.7 Å². The first kappa shape index (κ1) is 24.1. The number of nitrogens with zero attached hydrogens (tertiary/aromatic N) is 1. The van der Waals surface area contributed by atoms with Crippen LogP contribution in [0.3, 0.4) is 0 Å². The molecule has 0 aromatic heterocycles. The molecule has 32 heavy (non-hydrogen) atoms. The number of nitrogens with two attached hydrogens (primary N) is 1. The van der Waals surface area contributed by atoms with Gasteiger partial charge >= 0.3 is 6.03 Å². The van der Waals surface area contributed by atoms with Crippen molar-refractivity contribution >= 4 is 45.9 Å². The summed E-state index contributed by atoms with van der Waals surface area (Å²) < 4.78 is 0.0835. The predicted molar refractivity (Wildman–Crippen MR) is 131 cm³/mol. The predicted octanol–water partition coefficient (Wildman–Crippen LogP) is 5.60. The summed E-state index contributed by atoms with van der Waals surface area (Å²) in [5.41, 5.74) is 7.20. The number of fused-ring (bicyclic) bond motifs is 1. The molecule has 0 spiro atoms. The zero-order valence-electron chi connectivity index (χ0n) is 18.3. The van der Waals surface area contributed by atoms with E-state index in [-0.39, 0.29) is 22.3 Å². The normalized spacial score (nSPS) is 12.5. The molecule has 0 aliphatic rings. The Morgan fingerprint density at radius 2 is 1.69 bits per heavy atom. The average Bonchev–Trinajstić information content (AvgIpc) is 2.77. The molecule has 5 nitrogen and oxygen atoms in total. The van der Waals surface area contributed by atoms with Crippen molar-refractivity contribution in [1.29, 1.82) is 0 Å². The number of benzene rings is 3. The molecule has 168 valence electrons. The number of rotatable bonds is 8. The minimum absolute atomic E-state index is 0.0781. The van der Waals surface area contributed by atoms with Crippen LogP contribution in [-0.2, 0) is 0 Å². The molecule has 3 rings (SSSR count). The SMILES string of the molecule is C[N+](C)(CCC(CCNC(=O)c1cccc2ccccc12)c1ccc(Cl)c(Cl)c1)C(N)=O. The van der Waals surface area contributed by atoms with Crippen LogP contribution in [-0.4, -0.2) is 43.6 Å². The van der Waals surface area contributed by atoms with E-state index in [1.165, 1.54) is 0 Å². The molecule has 0 bridgehead atoms. The first-order chi connectivity index (χ1) is 15.2. The maximum absolute atomic E-state index is 12.9. The van der Waals surface area contributed by atoms with Gasteiger partial charge in [0.2, 0.25) is 0 Å². The summed E-state index contributed by atoms with van der Waals surface area (Å²) >= 11 is 12.3. The van der Waals surface area contributed by atoms with Gasteiger partial charge in [0.25, 0.3) is 5.91 Å². The molecule has 0 fully saturated rings. The van der Waals surface area contributed by atoms with E-state index in [4.69, 9.17) is 28.9 Å². The fourth-order valence-electron chi connectivity index (χ4n) is 3.71. The van der Waals surface area contributed by atoms with Crippen molar-refractivity contribution < 1.29 is 14.1 Å². The summed E-state index contributed by atoms with van der Waals surface area (Å²) in [6.45, 7) is 1.05. The number of amides is 3. The molecule has 0 saturated heterocycles. The molecule has 1 unspecified atom stereocenters. The van der Waals surface area contributed by atoms with Crippen molar-refractivity contribution in [1.82, 2.24) is 5.32 Å². The highest BCUT2D eigenvalue weighted by atomic mass is 35.5. The molecule has 3 aromatic rings. The Morgan fingerprint density at radius 3 is 2.41 bits per heavy atom. The summed E-state index contributed by atoms with van der Waals surface area (Å²) in [5, 5.41) is 5.97. The molecule has 0 heterocycles. The van der Waals surface area contributed by atoms with Crippen molar-refractivity contribution in [2.24, 2.45) is 5.73 Å². The average molecular weight is 473 g/mol. The van der Waals surface area contributed by atoms with Crippen molar-refractivity contribution in [3.8, 4) is 0 Å². The third kappa shape index (κ3) is 5.80. The molecule has 3 N–H and O–H groups in total. The summed E-state index contributed by atoms with van der Waals surface area (Å²) in [5.74, 6) is -0.0303. The second-order valence-electron chi connectivity index (χ2n) is 8.48. The van der Waals surface area contributed by atoms with E-state index in [0.717, 1.165) is 16.3 Å². The van der Waals surface area contributed by atoms with E-state index in [0.29, 0.717) is 41.5 Å². The standard InChI is InChI=1S/C25H27Cl2N3O2/c1-30(2,25(28)32)15-13-17(19-10-11-22(26)23(27)16-19)12-14-29-24(31)21-9-5-7-18-6-3-4-8-20(18)21/h3-11,16-17H,12-15H2,1-2H3,(H2-,28,29,31,32)/p+1. The van der Waals surface area contributed by atoms with Gasteiger partial charge in [0.15, 0.2) is 0 Å². The van der Waals surface area contributed by atoms with Crippen LogP contribution in [0.25, 0.3) is 10.8 Å². The molecule has 0 aliphatic heterocycles. The summed E-state index contributed by atoms with van der Waals surface area (Å²) in [6.07, 6.45) is 1.39. The van der Waals surface area contributed by atoms with Gasteiger partial charge in [0.1, 0.15) is 0 Å². The molecule has 3 aromatic carbocycles. The molecule has 0 aliphatic carbocycles. The van der Waals surface area contributed by atoms with Crippen molar-refractivity contribution in [2.45, 2.75) is 18.8 Å². The Hall–Kier alpha value is -2.60. The van der Waals surface area contributed by atoms with Gasteiger partial charge in [0, 0.05) is 18.5 Å². The molecule has 1 atom stereocenters. The molecule has 7 heteroatoms. The molecule has 3 amide bonds. The minimum Gasteiger partial charge on any atom is -0.352 e. The Kier molecular flexibility index (Phi) is 7.77. The van der Waals surface area contributed by atoms with Crippen LogP contribution in [0.1, 0.15) is 34.7 Å². The van der Waals surface area contributed by atoms with E-state index in [1.807, 2.05) is 54.6 Å². The minimum atomic E-state index is -0.387. The number of hydrogen-bond donors (Lipinski definition) is 2. The third-order valence-corrected chi connectivity index (χ3v) is 6.60.